The number of hydrogen-bond donors (Lipinski definition) is 1. The maximum absolute atomic E-state index is 13.9. The van der Waals surface area contributed by atoms with Crippen molar-refractivity contribution in [2.24, 2.45) is 0 Å². The molecule has 1 saturated heterocycles. The third kappa shape index (κ3) is 2.68. The Morgan fingerprint density at radius 3 is 2.89 bits per heavy atom. The van der Waals surface area contributed by atoms with Crippen molar-refractivity contribution in [1.82, 2.24) is 20.1 Å². The van der Waals surface area contributed by atoms with Crippen LogP contribution in [0.1, 0.15) is 11.6 Å². The molecule has 0 bridgehead atoms. The van der Waals surface area contributed by atoms with Crippen molar-refractivity contribution in [3.63, 3.8) is 0 Å². The van der Waals surface area contributed by atoms with Crippen LogP contribution in [-0.4, -0.2) is 61.6 Å². The summed E-state index contributed by atoms with van der Waals surface area (Å²) in [6, 6.07) is 2.02. The molecule has 2 atom stereocenters. The fraction of sp³-hybridized carbons (Fsp3) is 0.615. The Balaban J connectivity index is 2.25. The minimum Gasteiger partial charge on any atom is -0.312 e. The maximum atomic E-state index is 13.9. The number of hydrogen-bond acceptors (Lipinski definition) is 4. The molecule has 0 aliphatic carbocycles. The molecule has 100 valence electrons. The molecule has 1 aromatic heterocycles. The third-order valence-corrected chi connectivity index (χ3v) is 3.73. The normalized spacial score (nSPS) is 24.1. The Hall–Kier alpha value is -1.04. The number of aromatic nitrogens is 1. The number of nitrogens with one attached hydrogen (secondary N) is 1. The molecule has 2 unspecified atom stereocenters. The minimum absolute atomic E-state index is 0.0132. The first-order valence-electron chi connectivity index (χ1n) is 6.29. The second kappa shape index (κ2) is 5.73. The van der Waals surface area contributed by atoms with Crippen LogP contribution in [0.5, 0.6) is 0 Å². The average Bonchev–Trinajstić information content (AvgIpc) is 2.36. The van der Waals surface area contributed by atoms with Crippen molar-refractivity contribution in [3.8, 4) is 0 Å². The quantitative estimate of drug-likeness (QED) is 0.859. The molecular weight excluding hydrogens is 231 g/mol. The van der Waals surface area contributed by atoms with Crippen molar-refractivity contribution < 1.29 is 4.39 Å². The Labute approximate surface area is 108 Å². The lowest BCUT2D eigenvalue weighted by Crippen LogP contribution is -2.54. The van der Waals surface area contributed by atoms with Crippen LogP contribution < -0.4 is 5.32 Å². The lowest BCUT2D eigenvalue weighted by molar-refractivity contribution is 0.0887. The van der Waals surface area contributed by atoms with E-state index in [1.165, 1.54) is 6.20 Å². The highest BCUT2D eigenvalue weighted by molar-refractivity contribution is 5.20. The van der Waals surface area contributed by atoms with E-state index in [-0.39, 0.29) is 17.9 Å². The smallest absolute Gasteiger partial charge is 0.146 e. The van der Waals surface area contributed by atoms with Gasteiger partial charge in [0.1, 0.15) is 5.82 Å². The fourth-order valence-corrected chi connectivity index (χ4v) is 2.60. The van der Waals surface area contributed by atoms with Gasteiger partial charge in [0.15, 0.2) is 0 Å². The molecule has 0 aromatic carbocycles. The lowest BCUT2D eigenvalue weighted by Gasteiger charge is -2.42. The number of piperazine rings is 1. The fourth-order valence-electron chi connectivity index (χ4n) is 2.60. The van der Waals surface area contributed by atoms with Crippen LogP contribution in [0.4, 0.5) is 4.39 Å². The molecular formula is C13H21FN4. The monoisotopic (exact) mass is 252 g/mol. The summed E-state index contributed by atoms with van der Waals surface area (Å²) in [4.78, 5) is 8.39. The van der Waals surface area contributed by atoms with Gasteiger partial charge in [0.2, 0.25) is 0 Å². The number of likely N-dealkylation sites (N-methyl/N-ethyl adjacent to an activating group) is 3. The van der Waals surface area contributed by atoms with Crippen LogP contribution in [-0.2, 0) is 0 Å². The Bertz CT molecular complexity index is 398. The van der Waals surface area contributed by atoms with E-state index in [4.69, 9.17) is 0 Å². The van der Waals surface area contributed by atoms with Crippen molar-refractivity contribution >= 4 is 0 Å². The van der Waals surface area contributed by atoms with Gasteiger partial charge >= 0.3 is 0 Å². The number of pyridine rings is 1. The van der Waals surface area contributed by atoms with E-state index in [2.05, 4.69) is 34.2 Å². The van der Waals surface area contributed by atoms with Gasteiger partial charge in [0.05, 0.1) is 12.2 Å². The molecule has 1 aliphatic rings. The molecule has 0 radical (unpaired) electrons. The number of halogens is 1. The van der Waals surface area contributed by atoms with Crippen molar-refractivity contribution in [1.29, 1.82) is 0 Å². The second-order valence-corrected chi connectivity index (χ2v) is 4.97. The molecule has 1 fully saturated rings. The van der Waals surface area contributed by atoms with E-state index in [0.29, 0.717) is 5.56 Å². The van der Waals surface area contributed by atoms with E-state index in [9.17, 15) is 4.39 Å². The van der Waals surface area contributed by atoms with Crippen molar-refractivity contribution in [2.75, 3.05) is 40.8 Å². The van der Waals surface area contributed by atoms with Crippen LogP contribution in [0.2, 0.25) is 0 Å². The summed E-state index contributed by atoms with van der Waals surface area (Å²) in [7, 11) is 6.09. The zero-order valence-corrected chi connectivity index (χ0v) is 11.2. The number of nitrogens with zero attached hydrogens (tertiary/aromatic N) is 3. The van der Waals surface area contributed by atoms with E-state index in [0.717, 1.165) is 19.6 Å². The molecule has 1 aromatic rings. The van der Waals surface area contributed by atoms with Crippen molar-refractivity contribution in [3.05, 3.63) is 29.8 Å². The average molecular weight is 252 g/mol. The van der Waals surface area contributed by atoms with Gasteiger partial charge in [0.25, 0.3) is 0 Å². The molecule has 18 heavy (non-hydrogen) atoms. The lowest BCUT2D eigenvalue weighted by atomic mass is 9.97. The van der Waals surface area contributed by atoms with Crippen LogP contribution >= 0.6 is 0 Å². The second-order valence-electron chi connectivity index (χ2n) is 4.97. The first-order chi connectivity index (χ1) is 8.63. The molecule has 0 saturated carbocycles. The Kier molecular flexibility index (Phi) is 4.27. The van der Waals surface area contributed by atoms with Crippen molar-refractivity contribution in [2.45, 2.75) is 12.1 Å². The van der Waals surface area contributed by atoms with E-state index >= 15 is 0 Å². The molecule has 4 nitrogen and oxygen atoms in total. The standard InChI is InChI=1S/C13H21FN4/c1-15-13(10-4-5-16-8-11(10)14)12-9-17(2)6-7-18(12)3/h4-5,8,12-13,15H,6-7,9H2,1-3H3. The van der Waals surface area contributed by atoms with Crippen LogP contribution in [0.3, 0.4) is 0 Å². The third-order valence-electron chi connectivity index (χ3n) is 3.73. The topological polar surface area (TPSA) is 31.4 Å². The van der Waals surface area contributed by atoms with Gasteiger partial charge in [-0.2, -0.15) is 0 Å². The molecule has 2 rings (SSSR count). The van der Waals surface area contributed by atoms with Gasteiger partial charge in [0, 0.05) is 37.4 Å². The molecule has 2 heterocycles. The van der Waals surface area contributed by atoms with Crippen LogP contribution in [0.15, 0.2) is 18.5 Å². The van der Waals surface area contributed by atoms with Crippen LogP contribution in [0.25, 0.3) is 0 Å². The Morgan fingerprint density at radius 2 is 2.22 bits per heavy atom. The van der Waals surface area contributed by atoms with Gasteiger partial charge in [-0.25, -0.2) is 4.39 Å². The largest absolute Gasteiger partial charge is 0.312 e. The first kappa shape index (κ1) is 13.4. The summed E-state index contributed by atoms with van der Waals surface area (Å²) in [6.07, 6.45) is 2.93. The van der Waals surface area contributed by atoms with Gasteiger partial charge in [-0.3, -0.25) is 9.88 Å². The van der Waals surface area contributed by atoms with Gasteiger partial charge in [-0.05, 0) is 27.2 Å². The van der Waals surface area contributed by atoms with E-state index < -0.39 is 0 Å². The highest BCUT2D eigenvalue weighted by Crippen LogP contribution is 2.24. The maximum Gasteiger partial charge on any atom is 0.146 e. The summed E-state index contributed by atoms with van der Waals surface area (Å²) >= 11 is 0. The summed E-state index contributed by atoms with van der Waals surface area (Å²) in [5.74, 6) is -0.238. The van der Waals surface area contributed by atoms with E-state index in [1.807, 2.05) is 7.05 Å². The van der Waals surface area contributed by atoms with Gasteiger partial charge in [-0.15, -0.1) is 0 Å². The van der Waals surface area contributed by atoms with E-state index in [1.54, 1.807) is 12.3 Å². The molecule has 0 spiro atoms. The predicted molar refractivity (Wildman–Crippen MR) is 69.9 cm³/mol. The summed E-state index contributed by atoms with van der Waals surface area (Å²) in [5.41, 5.74) is 0.694. The SMILES string of the molecule is CNC(c1ccncc1F)C1CN(C)CCN1C. The highest BCUT2D eigenvalue weighted by atomic mass is 19.1. The number of rotatable bonds is 3. The van der Waals surface area contributed by atoms with Crippen LogP contribution in [0, 0.1) is 5.82 Å². The predicted octanol–water partition coefficient (Wildman–Crippen LogP) is 0.727. The summed E-state index contributed by atoms with van der Waals surface area (Å²) in [6.45, 7) is 3.00. The van der Waals surface area contributed by atoms with Gasteiger partial charge in [-0.1, -0.05) is 0 Å². The zero-order chi connectivity index (χ0) is 13.1. The summed E-state index contributed by atoms with van der Waals surface area (Å²) in [5, 5.41) is 3.24. The first-order valence-corrected chi connectivity index (χ1v) is 6.29. The molecule has 0 amide bonds. The Morgan fingerprint density at radius 1 is 1.44 bits per heavy atom. The minimum atomic E-state index is -0.238. The van der Waals surface area contributed by atoms with Gasteiger partial charge < -0.3 is 10.2 Å². The molecule has 5 heteroatoms. The summed E-state index contributed by atoms with van der Waals surface area (Å²) < 4.78 is 13.9. The zero-order valence-electron chi connectivity index (χ0n) is 11.2. The highest BCUT2D eigenvalue weighted by Gasteiger charge is 2.31. The molecule has 1 N–H and O–H groups in total. The molecule has 1 aliphatic heterocycles.